The van der Waals surface area contributed by atoms with Crippen LogP contribution < -0.4 is 11.2 Å². The Labute approximate surface area is 151 Å². The molecule has 8 nitrogen and oxygen atoms in total. The summed E-state index contributed by atoms with van der Waals surface area (Å²) in [5.41, 5.74) is -2.12. The predicted octanol–water partition coefficient (Wildman–Crippen LogP) is -0.0959. The van der Waals surface area contributed by atoms with Crippen molar-refractivity contribution in [3.05, 3.63) is 61.8 Å². The molecule has 0 fully saturated rings. The third-order valence-corrected chi connectivity index (χ3v) is 6.37. The van der Waals surface area contributed by atoms with Gasteiger partial charge in [-0.15, -0.1) is 0 Å². The first kappa shape index (κ1) is 19.0. The van der Waals surface area contributed by atoms with E-state index in [1.54, 1.807) is 0 Å². The van der Waals surface area contributed by atoms with E-state index in [9.17, 15) is 31.6 Å². The van der Waals surface area contributed by atoms with Gasteiger partial charge >= 0.3 is 11.7 Å². The smallest absolute Gasteiger partial charge is 0.332 e. The van der Waals surface area contributed by atoms with Crippen LogP contribution in [0.4, 0.5) is 8.78 Å². The molecule has 0 bridgehead atoms. The third-order valence-electron chi connectivity index (χ3n) is 4.42. The lowest BCUT2D eigenvalue weighted by atomic mass is 10.0. The van der Waals surface area contributed by atoms with Crippen molar-refractivity contribution in [3.63, 3.8) is 0 Å². The fourth-order valence-electron chi connectivity index (χ4n) is 3.15. The summed E-state index contributed by atoms with van der Waals surface area (Å²) >= 11 is 0. The number of rotatable bonds is 3. The van der Waals surface area contributed by atoms with Gasteiger partial charge in [0.15, 0.2) is 21.5 Å². The van der Waals surface area contributed by atoms with E-state index in [-0.39, 0.29) is 17.5 Å². The standard InChI is InChI=1S/C16H14F2N2O6S/c1-19-14-10(5-9(15(22)23)7-27(14,25)26)13(21)20(16(19)24)6-8-2-3-11(17)12(18)4-8/h2-4,9H,5-7H2,1H3,(H,22,23). The Bertz CT molecular complexity index is 1180. The second-order valence-electron chi connectivity index (χ2n) is 6.29. The molecule has 1 atom stereocenters. The van der Waals surface area contributed by atoms with Crippen molar-refractivity contribution in [1.82, 2.24) is 9.13 Å². The highest BCUT2D eigenvalue weighted by atomic mass is 32.2. The molecule has 27 heavy (non-hydrogen) atoms. The van der Waals surface area contributed by atoms with E-state index in [1.807, 2.05) is 0 Å². The van der Waals surface area contributed by atoms with E-state index in [0.29, 0.717) is 4.57 Å². The normalized spacial score (nSPS) is 18.1. The van der Waals surface area contributed by atoms with Crippen molar-refractivity contribution in [2.45, 2.75) is 18.0 Å². The average Bonchev–Trinajstić information content (AvgIpc) is 2.58. The maximum Gasteiger partial charge on any atom is 0.332 e. The number of fused-ring (bicyclic) bond motifs is 1. The first-order valence-electron chi connectivity index (χ1n) is 7.75. The first-order chi connectivity index (χ1) is 12.5. The zero-order valence-electron chi connectivity index (χ0n) is 14.0. The number of hydrogen-bond acceptors (Lipinski definition) is 5. The molecule has 0 spiro atoms. The molecule has 0 aliphatic carbocycles. The van der Waals surface area contributed by atoms with Gasteiger partial charge < -0.3 is 5.11 Å². The Balaban J connectivity index is 2.21. The summed E-state index contributed by atoms with van der Waals surface area (Å²) in [6.07, 6.45) is -0.353. The average molecular weight is 400 g/mol. The van der Waals surface area contributed by atoms with Crippen LogP contribution in [0.1, 0.15) is 11.1 Å². The highest BCUT2D eigenvalue weighted by molar-refractivity contribution is 7.91. The maximum absolute atomic E-state index is 13.4. The Hall–Kier alpha value is -2.82. The van der Waals surface area contributed by atoms with Crippen molar-refractivity contribution in [1.29, 1.82) is 0 Å². The minimum atomic E-state index is -4.15. The number of nitrogens with zero attached hydrogens (tertiary/aromatic N) is 2. The van der Waals surface area contributed by atoms with Crippen LogP contribution in [0.25, 0.3) is 0 Å². The second kappa shape index (κ2) is 6.41. The Kier molecular flexibility index (Phi) is 4.50. The molecule has 1 aliphatic rings. The lowest BCUT2D eigenvalue weighted by Gasteiger charge is -2.24. The highest BCUT2D eigenvalue weighted by Gasteiger charge is 2.38. The van der Waals surface area contributed by atoms with Crippen LogP contribution in [-0.2, 0) is 34.6 Å². The van der Waals surface area contributed by atoms with Gasteiger partial charge in [-0.3, -0.25) is 18.7 Å². The van der Waals surface area contributed by atoms with Crippen LogP contribution in [0.3, 0.4) is 0 Å². The first-order valence-corrected chi connectivity index (χ1v) is 9.40. The molecule has 2 heterocycles. The molecule has 0 amide bonds. The third kappa shape index (κ3) is 3.18. The SMILES string of the molecule is Cn1c2c(c(=O)n(Cc3ccc(F)c(F)c3)c1=O)CC(C(=O)O)CS2(=O)=O. The largest absolute Gasteiger partial charge is 0.481 e. The lowest BCUT2D eigenvalue weighted by molar-refractivity contribution is -0.141. The molecule has 1 aliphatic heterocycles. The van der Waals surface area contributed by atoms with Crippen molar-refractivity contribution in [3.8, 4) is 0 Å². The summed E-state index contributed by atoms with van der Waals surface area (Å²) in [6.45, 7) is -0.423. The minimum absolute atomic E-state index is 0.113. The number of carboxylic acid groups (broad SMARTS) is 1. The zero-order valence-corrected chi connectivity index (χ0v) is 14.8. The number of benzene rings is 1. The van der Waals surface area contributed by atoms with E-state index in [1.165, 1.54) is 6.07 Å². The summed E-state index contributed by atoms with van der Waals surface area (Å²) in [7, 11) is -3.00. The lowest BCUT2D eigenvalue weighted by Crippen LogP contribution is -2.47. The molecular weight excluding hydrogens is 386 g/mol. The fraction of sp³-hybridized carbons (Fsp3) is 0.312. The van der Waals surface area contributed by atoms with Crippen molar-refractivity contribution in [2.75, 3.05) is 5.75 Å². The van der Waals surface area contributed by atoms with Crippen LogP contribution in [0.5, 0.6) is 0 Å². The summed E-state index contributed by atoms with van der Waals surface area (Å²) < 4.78 is 52.7. The zero-order chi connectivity index (χ0) is 20.1. The van der Waals surface area contributed by atoms with Crippen molar-refractivity contribution >= 4 is 15.8 Å². The van der Waals surface area contributed by atoms with E-state index in [0.717, 1.165) is 23.7 Å². The quantitative estimate of drug-likeness (QED) is 0.720. The monoisotopic (exact) mass is 400 g/mol. The minimum Gasteiger partial charge on any atom is -0.481 e. The number of halogens is 2. The molecule has 144 valence electrons. The maximum atomic E-state index is 13.4. The van der Waals surface area contributed by atoms with Gasteiger partial charge in [-0.1, -0.05) is 6.07 Å². The van der Waals surface area contributed by atoms with Gasteiger partial charge in [0.25, 0.3) is 5.56 Å². The second-order valence-corrected chi connectivity index (χ2v) is 8.24. The molecule has 0 saturated heterocycles. The van der Waals surface area contributed by atoms with Gasteiger partial charge in [-0.2, -0.15) is 0 Å². The van der Waals surface area contributed by atoms with Crippen LogP contribution in [-0.4, -0.2) is 34.4 Å². The molecule has 11 heteroatoms. The number of carbonyl (C=O) groups is 1. The molecule has 1 aromatic heterocycles. The van der Waals surface area contributed by atoms with E-state index < -0.39 is 61.9 Å². The van der Waals surface area contributed by atoms with Crippen LogP contribution in [0.15, 0.2) is 32.8 Å². The topological polar surface area (TPSA) is 115 Å². The Morgan fingerprint density at radius 3 is 2.52 bits per heavy atom. The van der Waals surface area contributed by atoms with Crippen molar-refractivity contribution in [2.24, 2.45) is 13.0 Å². The van der Waals surface area contributed by atoms with Gasteiger partial charge in [0.1, 0.15) is 5.03 Å². The summed E-state index contributed by atoms with van der Waals surface area (Å²) in [5, 5.41) is 8.65. The van der Waals surface area contributed by atoms with Gasteiger partial charge in [0, 0.05) is 7.05 Å². The van der Waals surface area contributed by atoms with Gasteiger partial charge in [0.05, 0.1) is 23.8 Å². The molecular formula is C16H14F2N2O6S. The fourth-order valence-corrected chi connectivity index (χ4v) is 5.14. The van der Waals surface area contributed by atoms with E-state index in [2.05, 4.69) is 0 Å². The number of aliphatic carboxylic acids is 1. The van der Waals surface area contributed by atoms with E-state index >= 15 is 0 Å². The number of carboxylic acids is 1. The summed E-state index contributed by atoms with van der Waals surface area (Å²) in [4.78, 5) is 36.5. The van der Waals surface area contributed by atoms with Crippen LogP contribution >= 0.6 is 0 Å². The summed E-state index contributed by atoms with van der Waals surface area (Å²) in [6, 6.07) is 2.83. The molecule has 1 unspecified atom stereocenters. The molecule has 2 aromatic rings. The highest BCUT2D eigenvalue weighted by Crippen LogP contribution is 2.25. The molecule has 0 saturated carbocycles. The number of sulfone groups is 1. The molecule has 0 radical (unpaired) electrons. The molecule has 3 rings (SSSR count). The Morgan fingerprint density at radius 2 is 1.93 bits per heavy atom. The number of hydrogen-bond donors (Lipinski definition) is 1. The van der Waals surface area contributed by atoms with Gasteiger partial charge in [0.2, 0.25) is 0 Å². The molecule has 1 aromatic carbocycles. The summed E-state index contributed by atoms with van der Waals surface area (Å²) in [5.74, 6) is -5.66. The van der Waals surface area contributed by atoms with Crippen LogP contribution in [0.2, 0.25) is 0 Å². The van der Waals surface area contributed by atoms with Gasteiger partial charge in [-0.25, -0.2) is 22.0 Å². The van der Waals surface area contributed by atoms with E-state index in [4.69, 9.17) is 5.11 Å². The molecule has 1 N–H and O–H groups in total. The predicted molar refractivity (Wildman–Crippen MR) is 88.3 cm³/mol. The van der Waals surface area contributed by atoms with Crippen molar-refractivity contribution < 1.29 is 27.1 Å². The van der Waals surface area contributed by atoms with Gasteiger partial charge in [-0.05, 0) is 24.1 Å². The number of aromatic nitrogens is 2. The Morgan fingerprint density at radius 1 is 1.26 bits per heavy atom. The van der Waals surface area contributed by atoms with Crippen LogP contribution in [0, 0.1) is 17.6 Å².